The number of ether oxygens (including phenoxy) is 1. The van der Waals surface area contributed by atoms with Crippen LogP contribution in [0, 0.1) is 0 Å². The Bertz CT molecular complexity index is 1580. The van der Waals surface area contributed by atoms with Crippen molar-refractivity contribution in [2.75, 3.05) is 27.7 Å². The van der Waals surface area contributed by atoms with Crippen molar-refractivity contribution in [2.45, 2.75) is 54.5 Å². The van der Waals surface area contributed by atoms with Crippen LogP contribution in [0.2, 0.25) is 0 Å². The van der Waals surface area contributed by atoms with Crippen LogP contribution in [0.4, 0.5) is 4.79 Å². The highest BCUT2D eigenvalue weighted by atomic mass is 35.6. The number of hydrogen-bond acceptors (Lipinski definition) is 5. The minimum Gasteiger partial charge on any atom is -0.445 e. The van der Waals surface area contributed by atoms with Crippen LogP contribution in [0.1, 0.15) is 31.4 Å². The summed E-state index contributed by atoms with van der Waals surface area (Å²) in [7, 11) is 4.68. The smallest absolute Gasteiger partial charge is 0.407 e. The van der Waals surface area contributed by atoms with Gasteiger partial charge in [-0.2, -0.15) is 0 Å². The number of likely N-dealkylation sites (N-methyl/N-ethyl adjacent to an activating group) is 3. The number of alkyl halides is 3. The predicted octanol–water partition coefficient (Wildman–Crippen LogP) is 5.85. The number of carbonyl (C=O) groups is 4. The molecule has 4 amide bonds. The molecule has 3 rings (SSSR count). The number of halogens is 3. The number of hydrogen-bond donors (Lipinski definition) is 2. The molecule has 3 aromatic rings. The van der Waals surface area contributed by atoms with Crippen LogP contribution in [0.15, 0.2) is 84.9 Å². The van der Waals surface area contributed by atoms with Gasteiger partial charge in [0.2, 0.25) is 21.5 Å². The lowest BCUT2D eigenvalue weighted by atomic mass is 9.98. The fourth-order valence-electron chi connectivity index (χ4n) is 5.01. The summed E-state index contributed by atoms with van der Waals surface area (Å²) in [5, 5.41) is 7.40. The fourth-order valence-corrected chi connectivity index (χ4v) is 5.18. The lowest BCUT2D eigenvalue weighted by Crippen LogP contribution is -2.55. The molecule has 0 radical (unpaired) electrons. The summed E-state index contributed by atoms with van der Waals surface area (Å²) >= 11 is 16.9. The Hall–Kier alpha value is -3.79. The Kier molecular flexibility index (Phi) is 13.5. The first-order chi connectivity index (χ1) is 22.1. The number of fused-ring (bicyclic) bond motifs is 1. The van der Waals surface area contributed by atoms with Crippen LogP contribution in [0.3, 0.4) is 0 Å². The topological polar surface area (TPSA) is 108 Å². The van der Waals surface area contributed by atoms with Crippen molar-refractivity contribution in [3.8, 4) is 0 Å². The van der Waals surface area contributed by atoms with Crippen LogP contribution >= 0.6 is 34.8 Å². The highest BCUT2D eigenvalue weighted by Crippen LogP contribution is 2.26. The molecule has 252 valence electrons. The molecule has 2 atom stereocenters. The monoisotopic (exact) mass is 702 g/mol. The first-order valence-corrected chi connectivity index (χ1v) is 16.2. The van der Waals surface area contributed by atoms with Gasteiger partial charge in [0.15, 0.2) is 0 Å². The van der Waals surface area contributed by atoms with E-state index in [0.717, 1.165) is 21.9 Å². The van der Waals surface area contributed by atoms with E-state index in [1.165, 1.54) is 22.9 Å². The number of alkyl carbamates (subject to hydrolysis) is 1. The summed E-state index contributed by atoms with van der Waals surface area (Å²) in [6, 6.07) is 21.5. The minimum absolute atomic E-state index is 0.220. The molecule has 47 heavy (non-hydrogen) atoms. The van der Waals surface area contributed by atoms with Crippen LogP contribution < -0.4 is 10.6 Å². The summed E-state index contributed by atoms with van der Waals surface area (Å²) in [4.78, 5) is 55.7. The molecule has 0 fully saturated rings. The van der Waals surface area contributed by atoms with Crippen LogP contribution in [0.25, 0.3) is 10.8 Å². The van der Waals surface area contributed by atoms with Gasteiger partial charge in [0.1, 0.15) is 18.7 Å². The molecule has 3 aromatic carbocycles. The van der Waals surface area contributed by atoms with E-state index in [4.69, 9.17) is 39.5 Å². The molecule has 12 heteroatoms. The quantitative estimate of drug-likeness (QED) is 0.172. The van der Waals surface area contributed by atoms with Crippen molar-refractivity contribution in [1.82, 2.24) is 20.4 Å². The zero-order chi connectivity index (χ0) is 34.8. The molecule has 0 heterocycles. The van der Waals surface area contributed by atoms with E-state index >= 15 is 0 Å². The molecule has 0 spiro atoms. The summed E-state index contributed by atoms with van der Waals surface area (Å²) in [6.07, 6.45) is 2.97. The number of nitrogens with zero attached hydrogens (tertiary/aromatic N) is 2. The number of benzene rings is 3. The van der Waals surface area contributed by atoms with E-state index in [0.29, 0.717) is 6.42 Å². The fraction of sp³-hybridized carbons (Fsp3) is 0.371. The summed E-state index contributed by atoms with van der Waals surface area (Å²) in [6.45, 7) is 3.06. The third kappa shape index (κ3) is 11.8. The molecule has 0 aromatic heterocycles. The second kappa shape index (κ2) is 16.9. The van der Waals surface area contributed by atoms with Gasteiger partial charge < -0.3 is 25.2 Å². The lowest BCUT2D eigenvalue weighted by molar-refractivity contribution is -0.146. The molecule has 0 unspecified atom stereocenters. The molecule has 0 aliphatic rings. The zero-order valence-corrected chi connectivity index (χ0v) is 29.4. The number of carbonyl (C=O) groups excluding carboxylic acids is 4. The van der Waals surface area contributed by atoms with Gasteiger partial charge >= 0.3 is 6.09 Å². The first-order valence-electron chi connectivity index (χ1n) is 15.0. The van der Waals surface area contributed by atoms with E-state index in [1.54, 1.807) is 34.0 Å². The minimum atomic E-state index is -1.74. The second-order valence-corrected chi connectivity index (χ2v) is 14.4. The number of amides is 4. The maximum Gasteiger partial charge on any atom is 0.407 e. The highest BCUT2D eigenvalue weighted by Gasteiger charge is 2.34. The molecule has 2 N–H and O–H groups in total. The van der Waals surface area contributed by atoms with Gasteiger partial charge in [0.25, 0.3) is 0 Å². The molecule has 0 bridgehead atoms. The third-order valence-corrected chi connectivity index (χ3v) is 8.00. The predicted molar refractivity (Wildman–Crippen MR) is 188 cm³/mol. The third-order valence-electron chi connectivity index (χ3n) is 7.68. The van der Waals surface area contributed by atoms with Gasteiger partial charge in [-0.25, -0.2) is 4.79 Å². The van der Waals surface area contributed by atoms with Crippen molar-refractivity contribution in [2.24, 2.45) is 0 Å². The zero-order valence-electron chi connectivity index (χ0n) is 27.1. The van der Waals surface area contributed by atoms with Crippen LogP contribution in [-0.2, 0) is 32.0 Å². The average Bonchev–Trinajstić information content (AvgIpc) is 3.03. The number of nitrogens with one attached hydrogen (secondary N) is 2. The van der Waals surface area contributed by atoms with Crippen molar-refractivity contribution in [3.05, 3.63) is 96.1 Å². The van der Waals surface area contributed by atoms with Crippen molar-refractivity contribution in [1.29, 1.82) is 0 Å². The molecular weight excluding hydrogens is 663 g/mol. The molecule has 0 saturated carbocycles. The van der Waals surface area contributed by atoms with Crippen molar-refractivity contribution in [3.63, 3.8) is 0 Å². The molecule has 0 aliphatic heterocycles. The Labute approximate surface area is 291 Å². The van der Waals surface area contributed by atoms with E-state index in [2.05, 4.69) is 10.6 Å². The Morgan fingerprint density at radius 2 is 1.45 bits per heavy atom. The molecule has 0 aliphatic carbocycles. The Morgan fingerprint density at radius 1 is 0.830 bits per heavy atom. The van der Waals surface area contributed by atoms with E-state index in [1.807, 2.05) is 72.8 Å². The molecule has 0 saturated heterocycles. The number of rotatable bonds is 13. The van der Waals surface area contributed by atoms with Gasteiger partial charge in [-0.1, -0.05) is 114 Å². The van der Waals surface area contributed by atoms with Crippen molar-refractivity contribution >= 4 is 69.4 Å². The first kappa shape index (κ1) is 37.7. The van der Waals surface area contributed by atoms with Gasteiger partial charge in [-0.3, -0.25) is 14.4 Å². The average molecular weight is 704 g/mol. The van der Waals surface area contributed by atoms with Crippen molar-refractivity contribution < 1.29 is 23.9 Å². The SMILES string of the molecule is CNC(=O)[C@@H](Cc1ccccc1)N(C)C(=O)[C@H](Cc1ccc2ccccc2c1)N(C)C(=O)/C=C/CC(C)(C)NC(=O)OCC(Cl)(Cl)Cl. The Morgan fingerprint density at radius 3 is 2.09 bits per heavy atom. The Balaban J connectivity index is 1.84. The van der Waals surface area contributed by atoms with Gasteiger partial charge in [-0.15, -0.1) is 0 Å². The van der Waals surface area contributed by atoms with Crippen LogP contribution in [0.5, 0.6) is 0 Å². The molecule has 9 nitrogen and oxygen atoms in total. The maximum atomic E-state index is 14.2. The maximum absolute atomic E-state index is 14.2. The highest BCUT2D eigenvalue weighted by molar-refractivity contribution is 6.67. The van der Waals surface area contributed by atoms with E-state index < -0.39 is 40.0 Å². The molecular formula is C35H41Cl3N4O5. The van der Waals surface area contributed by atoms with Gasteiger partial charge in [-0.05, 0) is 48.2 Å². The summed E-state index contributed by atoms with van der Waals surface area (Å²) < 4.78 is 3.20. The summed E-state index contributed by atoms with van der Waals surface area (Å²) in [5.41, 5.74) is 0.947. The second-order valence-electron chi connectivity index (χ2n) is 11.9. The largest absolute Gasteiger partial charge is 0.445 e. The van der Waals surface area contributed by atoms with Gasteiger partial charge in [0, 0.05) is 39.5 Å². The summed E-state index contributed by atoms with van der Waals surface area (Å²) in [5.74, 6) is -1.12. The van der Waals surface area contributed by atoms with Gasteiger partial charge in [0.05, 0.1) is 0 Å². The van der Waals surface area contributed by atoms with E-state index in [-0.39, 0.29) is 24.7 Å². The van der Waals surface area contributed by atoms with E-state index in [9.17, 15) is 19.2 Å². The standard InChI is InChI=1S/C35H41Cl3N4O5/c1-34(2,40-33(46)47-23-35(36,37)38)19-11-16-30(43)41(4)29(22-25-17-18-26-14-9-10-15-27(26)20-25)32(45)42(5)28(31(44)39-3)21-24-12-7-6-8-13-24/h6-18,20,28-29H,19,21-23H2,1-5H3,(H,39,44)(H,40,46)/b16-11+/t28-,29+/m1/s1. The normalized spacial score (nSPS) is 13.1. The van der Waals surface area contributed by atoms with Crippen LogP contribution in [-0.4, -0.2) is 82.8 Å². The lowest BCUT2D eigenvalue weighted by Gasteiger charge is -2.34.